The number of nitrogens with two attached hydrogens (primary N) is 1. The summed E-state index contributed by atoms with van der Waals surface area (Å²) in [6.07, 6.45) is 0.880. The second-order valence-electron chi connectivity index (χ2n) is 14.0. The lowest BCUT2D eigenvalue weighted by atomic mass is 9.92. The van der Waals surface area contributed by atoms with Crippen LogP contribution >= 0.6 is 11.6 Å². The second kappa shape index (κ2) is 15.8. The van der Waals surface area contributed by atoms with E-state index < -0.39 is 11.5 Å². The number of pyridine rings is 1. The van der Waals surface area contributed by atoms with E-state index in [9.17, 15) is 24.3 Å². The van der Waals surface area contributed by atoms with Gasteiger partial charge in [-0.15, -0.1) is 0 Å². The molecule has 52 heavy (non-hydrogen) atoms. The second-order valence-corrected chi connectivity index (χ2v) is 14.3. The number of hydrogen-bond donors (Lipinski definition) is 2. The molecule has 0 aliphatic heterocycles. The minimum Gasteiger partial charge on any atom is -0.508 e. The molecule has 10 nitrogen and oxygen atoms in total. The SMILES string of the molecule is Cc1ccc(C(=O)CCC(N)=O)cc1-n1c(C)cc(OCc2ccccc2CCC(=O)Cc2cc(C(C)(C)C)nn2-c2ccc(O)cc2)c(Cl)c1=O. The van der Waals surface area contributed by atoms with E-state index in [1.807, 2.05) is 37.3 Å². The molecule has 0 fully saturated rings. The Morgan fingerprint density at radius 1 is 0.904 bits per heavy atom. The summed E-state index contributed by atoms with van der Waals surface area (Å²) < 4.78 is 9.32. The highest BCUT2D eigenvalue weighted by Gasteiger charge is 2.22. The van der Waals surface area contributed by atoms with Crippen molar-refractivity contribution in [3.8, 4) is 22.9 Å². The van der Waals surface area contributed by atoms with Crippen molar-refractivity contribution in [2.45, 2.75) is 78.7 Å². The lowest BCUT2D eigenvalue weighted by Crippen LogP contribution is -2.23. The highest BCUT2D eigenvalue weighted by Crippen LogP contribution is 2.28. The number of ether oxygens (including phenoxy) is 1. The molecule has 2 aromatic heterocycles. The number of nitrogens with zero attached hydrogens (tertiary/aromatic N) is 3. The van der Waals surface area contributed by atoms with Crippen LogP contribution in [0.4, 0.5) is 0 Å². The number of hydrogen-bond acceptors (Lipinski definition) is 7. The number of aromatic hydroxyl groups is 1. The van der Waals surface area contributed by atoms with Crippen molar-refractivity contribution in [3.63, 3.8) is 0 Å². The van der Waals surface area contributed by atoms with Crippen molar-refractivity contribution in [1.82, 2.24) is 14.3 Å². The number of ketones is 2. The molecule has 3 N–H and O–H groups in total. The van der Waals surface area contributed by atoms with Crippen LogP contribution in [0.15, 0.2) is 83.7 Å². The number of benzene rings is 3. The van der Waals surface area contributed by atoms with Crippen LogP contribution in [0.1, 0.15) is 84.2 Å². The predicted molar refractivity (Wildman–Crippen MR) is 201 cm³/mol. The van der Waals surface area contributed by atoms with Crippen LogP contribution < -0.4 is 16.0 Å². The van der Waals surface area contributed by atoms with E-state index in [2.05, 4.69) is 20.8 Å². The fraction of sp³-hybridized carbons (Fsp3) is 0.293. The molecule has 0 saturated carbocycles. The highest BCUT2D eigenvalue weighted by molar-refractivity contribution is 6.31. The minimum absolute atomic E-state index is 0.0279. The number of phenolic OH excluding ortho intramolecular Hbond substituents is 1. The Kier molecular flexibility index (Phi) is 11.5. The maximum absolute atomic E-state index is 13.6. The quantitative estimate of drug-likeness (QED) is 0.117. The zero-order valence-electron chi connectivity index (χ0n) is 30.0. The van der Waals surface area contributed by atoms with Gasteiger partial charge in [-0.05, 0) is 73.4 Å². The summed E-state index contributed by atoms with van der Waals surface area (Å²) in [4.78, 5) is 50.8. The van der Waals surface area contributed by atoms with Gasteiger partial charge < -0.3 is 15.6 Å². The first-order chi connectivity index (χ1) is 24.6. The van der Waals surface area contributed by atoms with Gasteiger partial charge in [0.1, 0.15) is 28.9 Å². The number of amides is 1. The molecule has 1 amide bonds. The molecule has 0 bridgehead atoms. The summed E-state index contributed by atoms with van der Waals surface area (Å²) in [5.41, 5.74) is 10.8. The molecule has 5 aromatic rings. The molecule has 11 heteroatoms. The number of phenols is 1. The predicted octanol–water partition coefficient (Wildman–Crippen LogP) is 7.07. The van der Waals surface area contributed by atoms with Crippen LogP contribution in [-0.2, 0) is 34.5 Å². The molecule has 0 saturated heterocycles. The van der Waals surface area contributed by atoms with Gasteiger partial charge in [0, 0.05) is 48.4 Å². The third-order valence-electron chi connectivity index (χ3n) is 8.87. The van der Waals surface area contributed by atoms with E-state index in [4.69, 9.17) is 27.2 Å². The lowest BCUT2D eigenvalue weighted by Gasteiger charge is -2.17. The molecular formula is C41H43ClN4O6. The van der Waals surface area contributed by atoms with Gasteiger partial charge >= 0.3 is 0 Å². The average molecular weight is 723 g/mol. The Hall–Kier alpha value is -5.48. The van der Waals surface area contributed by atoms with E-state index in [1.54, 1.807) is 60.1 Å². The highest BCUT2D eigenvalue weighted by atomic mass is 35.5. The maximum atomic E-state index is 13.6. The molecular weight excluding hydrogens is 680 g/mol. The Bertz CT molecular complexity index is 2190. The summed E-state index contributed by atoms with van der Waals surface area (Å²) in [7, 11) is 0. The summed E-state index contributed by atoms with van der Waals surface area (Å²) in [6.45, 7) is 9.91. The Labute approximate surface area is 307 Å². The fourth-order valence-corrected chi connectivity index (χ4v) is 6.08. The van der Waals surface area contributed by atoms with Gasteiger partial charge in [-0.25, -0.2) is 4.68 Å². The van der Waals surface area contributed by atoms with Gasteiger partial charge in [0.15, 0.2) is 5.78 Å². The average Bonchev–Trinajstić information content (AvgIpc) is 3.53. The number of Topliss-reactive ketones (excluding diaryl/α,β-unsaturated/α-hetero) is 2. The first-order valence-electron chi connectivity index (χ1n) is 17.1. The lowest BCUT2D eigenvalue weighted by molar-refractivity contribution is -0.119. The Morgan fingerprint density at radius 2 is 1.60 bits per heavy atom. The molecule has 3 aromatic carbocycles. The third-order valence-corrected chi connectivity index (χ3v) is 9.22. The fourth-order valence-electron chi connectivity index (χ4n) is 5.88. The normalized spacial score (nSPS) is 11.4. The monoisotopic (exact) mass is 722 g/mol. The molecule has 0 atom stereocenters. The number of aryl methyl sites for hydroxylation is 3. The number of halogens is 1. The van der Waals surface area contributed by atoms with Crippen molar-refractivity contribution in [3.05, 3.63) is 134 Å². The first kappa shape index (κ1) is 37.8. The summed E-state index contributed by atoms with van der Waals surface area (Å²) >= 11 is 6.60. The van der Waals surface area contributed by atoms with Crippen LogP contribution in [0.5, 0.6) is 11.5 Å². The standard InChI is InChI=1S/C41H43ClN4O6/c1-25-10-11-28(35(49)18-19-38(43)50)21-34(25)45-26(2)20-36(39(42)40(45)51)52-24-29-9-7-6-8-27(29)12-15-33(48)22-31-23-37(41(3,4)5)44-46(31)30-13-16-32(47)17-14-30/h6-11,13-14,16-17,20-21,23,47H,12,15,18-19,22,24H2,1-5H3,(H2,43,50). The van der Waals surface area contributed by atoms with Gasteiger partial charge in [-0.2, -0.15) is 5.10 Å². The maximum Gasteiger partial charge on any atom is 0.277 e. The molecule has 0 aliphatic rings. The van der Waals surface area contributed by atoms with Crippen molar-refractivity contribution in [2.75, 3.05) is 0 Å². The first-order valence-corrected chi connectivity index (χ1v) is 17.4. The van der Waals surface area contributed by atoms with Gasteiger partial charge in [-0.3, -0.25) is 23.7 Å². The number of carbonyl (C=O) groups is 3. The van der Waals surface area contributed by atoms with E-state index >= 15 is 0 Å². The summed E-state index contributed by atoms with van der Waals surface area (Å²) in [5, 5.41) is 14.5. The van der Waals surface area contributed by atoms with Gasteiger partial charge in [0.05, 0.1) is 22.8 Å². The molecule has 5 rings (SSSR count). The number of rotatable bonds is 14. The van der Waals surface area contributed by atoms with Crippen molar-refractivity contribution in [2.24, 2.45) is 5.73 Å². The minimum atomic E-state index is -0.562. The van der Waals surface area contributed by atoms with Gasteiger partial charge in [0.25, 0.3) is 5.56 Å². The van der Waals surface area contributed by atoms with Crippen molar-refractivity contribution >= 4 is 29.1 Å². The molecule has 0 aliphatic carbocycles. The van der Waals surface area contributed by atoms with Crippen LogP contribution in [0.25, 0.3) is 11.4 Å². The number of aromatic nitrogens is 3. The van der Waals surface area contributed by atoms with Gasteiger partial charge in [0.2, 0.25) is 5.91 Å². The summed E-state index contributed by atoms with van der Waals surface area (Å²) in [6, 6.07) is 23.1. The number of primary amides is 1. The van der Waals surface area contributed by atoms with Crippen LogP contribution in [0.2, 0.25) is 5.02 Å². The molecule has 0 radical (unpaired) electrons. The molecule has 0 unspecified atom stereocenters. The summed E-state index contributed by atoms with van der Waals surface area (Å²) in [5.74, 6) is -0.401. The third kappa shape index (κ3) is 8.87. The smallest absolute Gasteiger partial charge is 0.277 e. The van der Waals surface area contributed by atoms with Crippen LogP contribution in [0.3, 0.4) is 0 Å². The largest absolute Gasteiger partial charge is 0.508 e. The topological polar surface area (TPSA) is 147 Å². The van der Waals surface area contributed by atoms with Crippen molar-refractivity contribution < 1.29 is 24.2 Å². The molecule has 2 heterocycles. The molecule has 270 valence electrons. The molecule has 0 spiro atoms. The zero-order valence-corrected chi connectivity index (χ0v) is 30.8. The van der Waals surface area contributed by atoms with Crippen LogP contribution in [0, 0.1) is 13.8 Å². The zero-order chi connectivity index (χ0) is 37.7. The van der Waals surface area contributed by atoms with E-state index in [0.29, 0.717) is 29.8 Å². The number of carbonyl (C=O) groups excluding carboxylic acids is 3. The Balaban J connectivity index is 1.30. The van der Waals surface area contributed by atoms with Crippen LogP contribution in [-0.4, -0.2) is 36.9 Å². The Morgan fingerprint density at radius 3 is 2.27 bits per heavy atom. The van der Waals surface area contributed by atoms with Crippen molar-refractivity contribution in [1.29, 1.82) is 0 Å². The van der Waals surface area contributed by atoms with E-state index in [0.717, 1.165) is 33.8 Å². The van der Waals surface area contributed by atoms with E-state index in [-0.39, 0.29) is 59.4 Å². The van der Waals surface area contributed by atoms with Gasteiger partial charge in [-0.1, -0.05) is 68.8 Å². The van der Waals surface area contributed by atoms with E-state index in [1.165, 1.54) is 4.57 Å².